The summed E-state index contributed by atoms with van der Waals surface area (Å²) in [6, 6.07) is 2.05. The Hall–Kier alpha value is -0.800. The predicted molar refractivity (Wildman–Crippen MR) is 74.6 cm³/mol. The molecule has 1 N–H and O–H groups in total. The maximum Gasteiger partial charge on any atom is 0.0804 e. The Morgan fingerprint density at radius 1 is 1.22 bits per heavy atom. The highest BCUT2D eigenvalue weighted by atomic mass is 16.3. The minimum atomic E-state index is -0.286. The number of rotatable bonds is 6. The summed E-state index contributed by atoms with van der Waals surface area (Å²) in [4.78, 5) is 2.55. The third-order valence-corrected chi connectivity index (χ3v) is 3.84. The van der Waals surface area contributed by atoms with Crippen LogP contribution >= 0.6 is 0 Å². The lowest BCUT2D eigenvalue weighted by Gasteiger charge is -2.26. The van der Waals surface area contributed by atoms with E-state index in [2.05, 4.69) is 34.9 Å². The quantitative estimate of drug-likeness (QED) is 0.841. The number of likely N-dealkylation sites (tertiary alicyclic amines) is 1. The van der Waals surface area contributed by atoms with Crippen LogP contribution < -0.4 is 0 Å². The molecule has 1 atom stereocenters. The van der Waals surface area contributed by atoms with Gasteiger partial charge in [-0.15, -0.1) is 0 Å². The molecule has 0 amide bonds. The number of aliphatic hydroxyl groups is 1. The summed E-state index contributed by atoms with van der Waals surface area (Å²) in [5.74, 6) is 0. The van der Waals surface area contributed by atoms with Crippen molar-refractivity contribution < 1.29 is 5.11 Å². The van der Waals surface area contributed by atoms with Crippen LogP contribution in [0.15, 0.2) is 18.5 Å². The van der Waals surface area contributed by atoms with E-state index in [0.717, 1.165) is 31.5 Å². The van der Waals surface area contributed by atoms with Crippen molar-refractivity contribution in [2.75, 3.05) is 19.6 Å². The minimum absolute atomic E-state index is 0.286. The van der Waals surface area contributed by atoms with Crippen molar-refractivity contribution in [2.45, 2.75) is 51.7 Å². The lowest BCUT2D eigenvalue weighted by Crippen LogP contribution is -2.32. The molecule has 2 rings (SSSR count). The molecule has 2 heterocycles. The summed E-state index contributed by atoms with van der Waals surface area (Å²) < 4.78 is 2.21. The molecule has 0 aliphatic carbocycles. The Morgan fingerprint density at radius 3 is 2.72 bits per heavy atom. The van der Waals surface area contributed by atoms with Crippen LogP contribution in [0.2, 0.25) is 0 Å². The maximum absolute atomic E-state index is 9.93. The summed E-state index contributed by atoms with van der Waals surface area (Å²) in [5.41, 5.74) is 1.07. The van der Waals surface area contributed by atoms with E-state index >= 15 is 0 Å². The SMILES string of the molecule is CCCC(O)c1ccn(CCN2CCCCC2)c1. The van der Waals surface area contributed by atoms with Gasteiger partial charge < -0.3 is 14.6 Å². The second kappa shape index (κ2) is 6.95. The first kappa shape index (κ1) is 13.6. The number of hydrogen-bond acceptors (Lipinski definition) is 2. The van der Waals surface area contributed by atoms with Crippen molar-refractivity contribution >= 4 is 0 Å². The number of hydrogen-bond donors (Lipinski definition) is 1. The number of nitrogens with zero attached hydrogens (tertiary/aromatic N) is 2. The van der Waals surface area contributed by atoms with Crippen LogP contribution in [0.5, 0.6) is 0 Å². The Bertz CT molecular complexity index is 342. The fourth-order valence-electron chi connectivity index (χ4n) is 2.68. The van der Waals surface area contributed by atoms with Gasteiger partial charge in [-0.05, 0) is 44.0 Å². The molecule has 1 aliphatic rings. The van der Waals surface area contributed by atoms with Crippen molar-refractivity contribution in [2.24, 2.45) is 0 Å². The standard InChI is InChI=1S/C15H26N2O/c1-2-6-15(18)14-7-10-17(13-14)12-11-16-8-4-3-5-9-16/h7,10,13,15,18H,2-6,8-9,11-12H2,1H3. The molecular formula is C15H26N2O. The summed E-state index contributed by atoms with van der Waals surface area (Å²) in [7, 11) is 0. The molecule has 18 heavy (non-hydrogen) atoms. The molecule has 1 saturated heterocycles. The molecular weight excluding hydrogens is 224 g/mol. The van der Waals surface area contributed by atoms with Gasteiger partial charge in [-0.3, -0.25) is 0 Å². The van der Waals surface area contributed by atoms with E-state index < -0.39 is 0 Å². The molecule has 3 nitrogen and oxygen atoms in total. The first-order valence-corrected chi connectivity index (χ1v) is 7.35. The molecule has 0 saturated carbocycles. The van der Waals surface area contributed by atoms with Gasteiger partial charge in [-0.2, -0.15) is 0 Å². The Kier molecular flexibility index (Phi) is 5.26. The molecule has 1 fully saturated rings. The number of piperidine rings is 1. The van der Waals surface area contributed by atoms with Gasteiger partial charge in [0.1, 0.15) is 0 Å². The van der Waals surface area contributed by atoms with Gasteiger partial charge in [-0.25, -0.2) is 0 Å². The molecule has 0 aromatic carbocycles. The zero-order valence-corrected chi connectivity index (χ0v) is 11.5. The van der Waals surface area contributed by atoms with E-state index in [1.165, 1.54) is 32.4 Å². The van der Waals surface area contributed by atoms with Crippen LogP contribution in [0.1, 0.15) is 50.7 Å². The normalized spacial score (nSPS) is 19.0. The third kappa shape index (κ3) is 3.85. The zero-order chi connectivity index (χ0) is 12.8. The molecule has 0 radical (unpaired) electrons. The first-order chi connectivity index (χ1) is 8.79. The van der Waals surface area contributed by atoms with E-state index in [1.54, 1.807) is 0 Å². The lowest BCUT2D eigenvalue weighted by atomic mass is 10.1. The van der Waals surface area contributed by atoms with E-state index in [4.69, 9.17) is 0 Å². The highest BCUT2D eigenvalue weighted by Gasteiger charge is 2.11. The van der Waals surface area contributed by atoms with Crippen LogP contribution in [-0.2, 0) is 6.54 Å². The van der Waals surface area contributed by atoms with Gasteiger partial charge in [0, 0.05) is 25.5 Å². The highest BCUT2D eigenvalue weighted by Crippen LogP contribution is 2.18. The predicted octanol–water partition coefficient (Wildman–Crippen LogP) is 2.81. The molecule has 0 bridgehead atoms. The van der Waals surface area contributed by atoms with Crippen LogP contribution in [0, 0.1) is 0 Å². The smallest absolute Gasteiger partial charge is 0.0804 e. The molecule has 1 aromatic rings. The first-order valence-electron chi connectivity index (χ1n) is 7.35. The third-order valence-electron chi connectivity index (χ3n) is 3.84. The van der Waals surface area contributed by atoms with E-state index in [0.29, 0.717) is 0 Å². The van der Waals surface area contributed by atoms with Crippen LogP contribution in [0.25, 0.3) is 0 Å². The van der Waals surface area contributed by atoms with Crippen molar-refractivity contribution in [1.82, 2.24) is 9.47 Å². The summed E-state index contributed by atoms with van der Waals surface area (Å²) >= 11 is 0. The molecule has 1 unspecified atom stereocenters. The van der Waals surface area contributed by atoms with Gasteiger partial charge >= 0.3 is 0 Å². The molecule has 1 aliphatic heterocycles. The fraction of sp³-hybridized carbons (Fsp3) is 0.733. The monoisotopic (exact) mass is 250 g/mol. The lowest BCUT2D eigenvalue weighted by molar-refractivity contribution is 0.166. The number of aromatic nitrogens is 1. The van der Waals surface area contributed by atoms with Crippen LogP contribution in [0.4, 0.5) is 0 Å². The van der Waals surface area contributed by atoms with Crippen LogP contribution in [-0.4, -0.2) is 34.2 Å². The zero-order valence-electron chi connectivity index (χ0n) is 11.5. The minimum Gasteiger partial charge on any atom is -0.388 e. The Morgan fingerprint density at radius 2 is 2.00 bits per heavy atom. The fourth-order valence-corrected chi connectivity index (χ4v) is 2.68. The summed E-state index contributed by atoms with van der Waals surface area (Å²) in [5, 5.41) is 9.93. The van der Waals surface area contributed by atoms with E-state index in [-0.39, 0.29) is 6.10 Å². The summed E-state index contributed by atoms with van der Waals surface area (Å²) in [6.45, 7) is 6.80. The van der Waals surface area contributed by atoms with Gasteiger partial charge in [0.25, 0.3) is 0 Å². The van der Waals surface area contributed by atoms with Crippen molar-refractivity contribution in [3.63, 3.8) is 0 Å². The van der Waals surface area contributed by atoms with Crippen molar-refractivity contribution in [3.8, 4) is 0 Å². The second-order valence-electron chi connectivity index (χ2n) is 5.39. The molecule has 3 heteroatoms. The topological polar surface area (TPSA) is 28.4 Å². The van der Waals surface area contributed by atoms with Crippen molar-refractivity contribution in [3.05, 3.63) is 24.0 Å². The average molecular weight is 250 g/mol. The largest absolute Gasteiger partial charge is 0.388 e. The van der Waals surface area contributed by atoms with Crippen molar-refractivity contribution in [1.29, 1.82) is 0 Å². The second-order valence-corrected chi connectivity index (χ2v) is 5.39. The Balaban J connectivity index is 1.79. The van der Waals surface area contributed by atoms with Gasteiger partial charge in [-0.1, -0.05) is 19.8 Å². The van der Waals surface area contributed by atoms with E-state index in [9.17, 15) is 5.11 Å². The van der Waals surface area contributed by atoms with Gasteiger partial charge in [0.2, 0.25) is 0 Å². The van der Waals surface area contributed by atoms with Gasteiger partial charge in [0.15, 0.2) is 0 Å². The highest BCUT2D eigenvalue weighted by molar-refractivity contribution is 5.13. The maximum atomic E-state index is 9.93. The average Bonchev–Trinajstić information content (AvgIpc) is 2.87. The Labute approximate surface area is 110 Å². The van der Waals surface area contributed by atoms with E-state index in [1.807, 2.05) is 0 Å². The summed E-state index contributed by atoms with van der Waals surface area (Å²) in [6.07, 6.45) is 9.90. The van der Waals surface area contributed by atoms with Crippen LogP contribution in [0.3, 0.4) is 0 Å². The number of aliphatic hydroxyl groups excluding tert-OH is 1. The molecule has 1 aromatic heterocycles. The van der Waals surface area contributed by atoms with Gasteiger partial charge in [0.05, 0.1) is 6.10 Å². The molecule has 102 valence electrons. The molecule has 0 spiro atoms.